The van der Waals surface area contributed by atoms with Gasteiger partial charge in [0, 0.05) is 6.54 Å². The molecule has 100 valence electrons. The van der Waals surface area contributed by atoms with Crippen molar-refractivity contribution >= 4 is 17.8 Å². The van der Waals surface area contributed by atoms with Gasteiger partial charge in [0.1, 0.15) is 18.4 Å². The lowest BCUT2D eigenvalue weighted by Gasteiger charge is -2.32. The first kappa shape index (κ1) is 13.0. The largest absolute Gasteiger partial charge is 0.480 e. The minimum atomic E-state index is -1.25. The summed E-state index contributed by atoms with van der Waals surface area (Å²) in [5.41, 5.74) is -0.247. The molecule has 1 saturated heterocycles. The molecule has 2 amide bonds. The van der Waals surface area contributed by atoms with Crippen molar-refractivity contribution in [1.29, 1.82) is 0 Å². The number of piperazine rings is 1. The van der Waals surface area contributed by atoms with Gasteiger partial charge >= 0.3 is 5.97 Å². The first-order valence-electron chi connectivity index (χ1n) is 5.55. The van der Waals surface area contributed by atoms with Crippen molar-refractivity contribution in [3.05, 3.63) is 35.6 Å². The van der Waals surface area contributed by atoms with Crippen LogP contribution in [0.15, 0.2) is 24.3 Å². The zero-order valence-corrected chi connectivity index (χ0v) is 9.80. The normalized spacial score (nSPS) is 18.9. The molecule has 1 fully saturated rings. The van der Waals surface area contributed by atoms with Gasteiger partial charge in [0.05, 0.1) is 5.56 Å². The Labute approximate surface area is 107 Å². The molecule has 6 nitrogen and oxygen atoms in total. The molecule has 1 aliphatic heterocycles. The van der Waals surface area contributed by atoms with Crippen LogP contribution in [0.2, 0.25) is 0 Å². The number of hydrogen-bond acceptors (Lipinski definition) is 3. The summed E-state index contributed by atoms with van der Waals surface area (Å²) in [5.74, 6) is -3.27. The van der Waals surface area contributed by atoms with Gasteiger partial charge in [-0.05, 0) is 12.1 Å². The van der Waals surface area contributed by atoms with Crippen LogP contribution in [0.5, 0.6) is 0 Å². The molecule has 1 heterocycles. The summed E-state index contributed by atoms with van der Waals surface area (Å²) in [4.78, 5) is 35.3. The number of aliphatic carboxylic acids is 1. The number of halogens is 1. The highest BCUT2D eigenvalue weighted by molar-refractivity contribution is 6.00. The van der Waals surface area contributed by atoms with Crippen LogP contribution in [-0.4, -0.2) is 46.9 Å². The molecule has 0 aromatic heterocycles. The Morgan fingerprint density at radius 2 is 2.05 bits per heavy atom. The number of nitrogens with zero attached hydrogens (tertiary/aromatic N) is 1. The zero-order chi connectivity index (χ0) is 14.0. The van der Waals surface area contributed by atoms with Crippen molar-refractivity contribution in [2.24, 2.45) is 0 Å². The van der Waals surface area contributed by atoms with Crippen LogP contribution in [0.4, 0.5) is 4.39 Å². The zero-order valence-electron chi connectivity index (χ0n) is 9.80. The number of rotatable bonds is 2. The van der Waals surface area contributed by atoms with Crippen LogP contribution in [0, 0.1) is 5.82 Å². The third kappa shape index (κ3) is 2.54. The maximum atomic E-state index is 13.5. The first-order chi connectivity index (χ1) is 9.00. The van der Waals surface area contributed by atoms with Crippen molar-refractivity contribution in [1.82, 2.24) is 10.2 Å². The molecule has 0 spiro atoms. The number of carboxylic acid groups (broad SMARTS) is 1. The third-order valence-corrected chi connectivity index (χ3v) is 2.83. The van der Waals surface area contributed by atoms with Crippen molar-refractivity contribution in [3.63, 3.8) is 0 Å². The van der Waals surface area contributed by atoms with E-state index >= 15 is 0 Å². The summed E-state index contributed by atoms with van der Waals surface area (Å²) in [6, 6.07) is 4.06. The highest BCUT2D eigenvalue weighted by Gasteiger charge is 2.36. The lowest BCUT2D eigenvalue weighted by atomic mass is 10.1. The summed E-state index contributed by atoms with van der Waals surface area (Å²) in [7, 11) is 0. The fourth-order valence-corrected chi connectivity index (χ4v) is 1.86. The second kappa shape index (κ2) is 5.05. The van der Waals surface area contributed by atoms with Crippen molar-refractivity contribution in [2.75, 3.05) is 13.1 Å². The smallest absolute Gasteiger partial charge is 0.328 e. The number of carbonyl (C=O) groups is 3. The van der Waals surface area contributed by atoms with E-state index in [0.717, 1.165) is 11.0 Å². The van der Waals surface area contributed by atoms with Crippen LogP contribution in [-0.2, 0) is 9.59 Å². The Bertz CT molecular complexity index is 546. The Balaban J connectivity index is 2.32. The second-order valence-corrected chi connectivity index (χ2v) is 4.07. The summed E-state index contributed by atoms with van der Waals surface area (Å²) in [6.07, 6.45) is 0. The van der Waals surface area contributed by atoms with Gasteiger partial charge in [-0.2, -0.15) is 0 Å². The van der Waals surface area contributed by atoms with E-state index in [1.54, 1.807) is 0 Å². The standard InChI is InChI=1S/C12H11FN2O4/c13-8-4-2-1-3-7(8)11(17)15-6-10(16)14-5-9(15)12(18)19/h1-4,9H,5-6H2,(H,14,16)(H,18,19). The Morgan fingerprint density at radius 3 is 2.68 bits per heavy atom. The van der Waals surface area contributed by atoms with E-state index in [0.29, 0.717) is 0 Å². The van der Waals surface area contributed by atoms with Gasteiger partial charge in [-0.25, -0.2) is 9.18 Å². The van der Waals surface area contributed by atoms with Crippen LogP contribution >= 0.6 is 0 Å². The topological polar surface area (TPSA) is 86.7 Å². The molecule has 19 heavy (non-hydrogen) atoms. The second-order valence-electron chi connectivity index (χ2n) is 4.07. The first-order valence-corrected chi connectivity index (χ1v) is 5.55. The lowest BCUT2D eigenvalue weighted by Crippen LogP contribution is -2.59. The Kier molecular flexibility index (Phi) is 3.46. The predicted octanol–water partition coefficient (Wildman–Crippen LogP) is -0.149. The van der Waals surface area contributed by atoms with E-state index in [4.69, 9.17) is 5.11 Å². The number of amides is 2. The predicted molar refractivity (Wildman–Crippen MR) is 61.9 cm³/mol. The summed E-state index contributed by atoms with van der Waals surface area (Å²) in [5, 5.41) is 11.4. The molecule has 0 bridgehead atoms. The average Bonchev–Trinajstić information content (AvgIpc) is 2.38. The molecule has 2 rings (SSSR count). The average molecular weight is 266 g/mol. The minimum Gasteiger partial charge on any atom is -0.480 e. The monoisotopic (exact) mass is 266 g/mol. The molecule has 1 unspecified atom stereocenters. The fourth-order valence-electron chi connectivity index (χ4n) is 1.86. The van der Waals surface area contributed by atoms with Crippen LogP contribution < -0.4 is 5.32 Å². The number of carbonyl (C=O) groups excluding carboxylic acids is 2. The SMILES string of the molecule is O=C1CN(C(=O)c2ccccc2F)C(C(=O)O)CN1. The van der Waals surface area contributed by atoms with Gasteiger partial charge in [-0.1, -0.05) is 12.1 Å². The minimum absolute atomic E-state index is 0.186. The van der Waals surface area contributed by atoms with E-state index in [2.05, 4.69) is 5.32 Å². The maximum absolute atomic E-state index is 13.5. The fraction of sp³-hybridized carbons (Fsp3) is 0.250. The summed E-state index contributed by atoms with van der Waals surface area (Å²) < 4.78 is 13.5. The molecule has 1 aromatic carbocycles. The van der Waals surface area contributed by atoms with Crippen LogP contribution in [0.1, 0.15) is 10.4 Å². The molecule has 0 radical (unpaired) electrons. The summed E-state index contributed by atoms with van der Waals surface area (Å²) >= 11 is 0. The number of nitrogens with one attached hydrogen (secondary N) is 1. The Hall–Kier alpha value is -2.44. The van der Waals surface area contributed by atoms with Crippen molar-refractivity contribution < 1.29 is 23.9 Å². The molecule has 1 aliphatic rings. The summed E-state index contributed by atoms with van der Waals surface area (Å²) in [6.45, 7) is -0.585. The molecular formula is C12H11FN2O4. The van der Waals surface area contributed by atoms with Crippen molar-refractivity contribution in [3.8, 4) is 0 Å². The van der Waals surface area contributed by atoms with E-state index < -0.39 is 36.2 Å². The van der Waals surface area contributed by atoms with Crippen LogP contribution in [0.25, 0.3) is 0 Å². The van der Waals surface area contributed by atoms with Crippen LogP contribution in [0.3, 0.4) is 0 Å². The highest BCUT2D eigenvalue weighted by atomic mass is 19.1. The van der Waals surface area contributed by atoms with E-state index in [1.807, 2.05) is 0 Å². The van der Waals surface area contributed by atoms with Gasteiger partial charge in [0.2, 0.25) is 5.91 Å². The maximum Gasteiger partial charge on any atom is 0.328 e. The van der Waals surface area contributed by atoms with Gasteiger partial charge in [0.15, 0.2) is 0 Å². The van der Waals surface area contributed by atoms with E-state index in [-0.39, 0.29) is 12.1 Å². The molecule has 0 aliphatic carbocycles. The molecule has 0 saturated carbocycles. The lowest BCUT2D eigenvalue weighted by molar-refractivity contribution is -0.144. The van der Waals surface area contributed by atoms with Gasteiger partial charge in [-0.15, -0.1) is 0 Å². The van der Waals surface area contributed by atoms with Gasteiger partial charge in [-0.3, -0.25) is 9.59 Å². The Morgan fingerprint density at radius 1 is 1.37 bits per heavy atom. The van der Waals surface area contributed by atoms with Crippen molar-refractivity contribution in [2.45, 2.75) is 6.04 Å². The number of benzene rings is 1. The van der Waals surface area contributed by atoms with Gasteiger partial charge in [0.25, 0.3) is 5.91 Å². The molecule has 7 heteroatoms. The number of carboxylic acids is 1. The molecule has 2 N–H and O–H groups in total. The number of hydrogen-bond donors (Lipinski definition) is 2. The third-order valence-electron chi connectivity index (χ3n) is 2.83. The highest BCUT2D eigenvalue weighted by Crippen LogP contribution is 2.14. The van der Waals surface area contributed by atoms with Gasteiger partial charge < -0.3 is 15.3 Å². The van der Waals surface area contributed by atoms with E-state index in [1.165, 1.54) is 18.2 Å². The molecule has 1 aromatic rings. The molecule has 1 atom stereocenters. The van der Waals surface area contributed by atoms with E-state index in [9.17, 15) is 18.8 Å². The molecular weight excluding hydrogens is 255 g/mol. The quantitative estimate of drug-likeness (QED) is 0.779.